The van der Waals surface area contributed by atoms with Crippen molar-refractivity contribution in [1.29, 1.82) is 0 Å². The molecular weight excluding hydrogens is 282 g/mol. The lowest BCUT2D eigenvalue weighted by Gasteiger charge is -2.10. The molecule has 22 heavy (non-hydrogen) atoms. The first-order valence-corrected chi connectivity index (χ1v) is 6.88. The first-order chi connectivity index (χ1) is 10.7. The summed E-state index contributed by atoms with van der Waals surface area (Å²) in [6.45, 7) is 0.332. The first-order valence-electron chi connectivity index (χ1n) is 6.88. The zero-order chi connectivity index (χ0) is 15.8. The van der Waals surface area contributed by atoms with Crippen molar-refractivity contribution in [1.82, 2.24) is 5.48 Å². The minimum Gasteiger partial charge on any atom is -0.493 e. The third kappa shape index (κ3) is 4.49. The van der Waals surface area contributed by atoms with Crippen LogP contribution in [0.1, 0.15) is 11.1 Å². The van der Waals surface area contributed by atoms with Crippen LogP contribution in [0.25, 0.3) is 0 Å². The van der Waals surface area contributed by atoms with Gasteiger partial charge in [-0.1, -0.05) is 36.4 Å². The Hall–Kier alpha value is -2.53. The summed E-state index contributed by atoms with van der Waals surface area (Å²) < 4.78 is 10.4. The van der Waals surface area contributed by atoms with Crippen LogP contribution >= 0.6 is 0 Å². The number of carbonyl (C=O) groups excluding carboxylic acids is 1. The standard InChI is InChI=1S/C17H19NO4/c1-20-15-9-8-14(10-16(15)21-2)11-17(19)18-22-12-13-6-4-3-5-7-13/h3-10H,11-12H2,1-2H3,(H,18,19). The van der Waals surface area contributed by atoms with Crippen LogP contribution < -0.4 is 15.0 Å². The molecule has 2 aromatic rings. The predicted octanol–water partition coefficient (Wildman–Crippen LogP) is 2.49. The summed E-state index contributed by atoms with van der Waals surface area (Å²) in [4.78, 5) is 17.0. The van der Waals surface area contributed by atoms with Gasteiger partial charge in [0.25, 0.3) is 0 Å². The van der Waals surface area contributed by atoms with Crippen LogP contribution in [0.5, 0.6) is 11.5 Å². The first kappa shape index (κ1) is 15.9. The van der Waals surface area contributed by atoms with Crippen molar-refractivity contribution in [3.63, 3.8) is 0 Å². The fourth-order valence-electron chi connectivity index (χ4n) is 1.99. The van der Waals surface area contributed by atoms with Crippen LogP contribution in [0.15, 0.2) is 48.5 Å². The van der Waals surface area contributed by atoms with Crippen LogP contribution in [-0.4, -0.2) is 20.1 Å². The minimum absolute atomic E-state index is 0.204. The minimum atomic E-state index is -0.219. The third-order valence-electron chi connectivity index (χ3n) is 3.08. The topological polar surface area (TPSA) is 56.8 Å². The van der Waals surface area contributed by atoms with E-state index >= 15 is 0 Å². The highest BCUT2D eigenvalue weighted by molar-refractivity contribution is 5.77. The lowest BCUT2D eigenvalue weighted by atomic mass is 10.1. The van der Waals surface area contributed by atoms with Gasteiger partial charge in [0.1, 0.15) is 0 Å². The molecule has 0 radical (unpaired) electrons. The molecule has 5 heteroatoms. The second-order valence-electron chi connectivity index (χ2n) is 4.67. The molecule has 1 N–H and O–H groups in total. The Morgan fingerprint density at radius 1 is 0.955 bits per heavy atom. The fraction of sp³-hybridized carbons (Fsp3) is 0.235. The van der Waals surface area contributed by atoms with E-state index in [4.69, 9.17) is 14.3 Å². The maximum Gasteiger partial charge on any atom is 0.247 e. The number of rotatable bonds is 7. The molecule has 2 aromatic carbocycles. The van der Waals surface area contributed by atoms with Gasteiger partial charge in [0, 0.05) is 0 Å². The number of nitrogens with one attached hydrogen (secondary N) is 1. The summed E-state index contributed by atoms with van der Waals surface area (Å²) in [5.41, 5.74) is 4.25. The molecule has 0 aliphatic carbocycles. The molecule has 0 aromatic heterocycles. The summed E-state index contributed by atoms with van der Waals surface area (Å²) in [5.74, 6) is 1.01. The molecule has 2 rings (SSSR count). The third-order valence-corrected chi connectivity index (χ3v) is 3.08. The van der Waals surface area contributed by atoms with E-state index in [2.05, 4.69) is 5.48 Å². The van der Waals surface area contributed by atoms with Gasteiger partial charge >= 0.3 is 0 Å². The second-order valence-corrected chi connectivity index (χ2v) is 4.67. The molecule has 0 aliphatic heterocycles. The van der Waals surface area contributed by atoms with Gasteiger partial charge in [-0.15, -0.1) is 0 Å². The summed E-state index contributed by atoms with van der Waals surface area (Å²) >= 11 is 0. The van der Waals surface area contributed by atoms with Crippen LogP contribution in [-0.2, 0) is 22.7 Å². The van der Waals surface area contributed by atoms with E-state index in [0.717, 1.165) is 11.1 Å². The van der Waals surface area contributed by atoms with E-state index < -0.39 is 0 Å². The molecule has 0 bridgehead atoms. The van der Waals surface area contributed by atoms with Gasteiger partial charge in [0.15, 0.2) is 11.5 Å². The number of methoxy groups -OCH3 is 2. The second kappa shape index (κ2) is 8.05. The molecule has 0 fully saturated rings. The monoisotopic (exact) mass is 301 g/mol. The van der Waals surface area contributed by atoms with Gasteiger partial charge in [0.2, 0.25) is 5.91 Å². The highest BCUT2D eigenvalue weighted by Crippen LogP contribution is 2.27. The number of hydrogen-bond donors (Lipinski definition) is 1. The van der Waals surface area contributed by atoms with Crippen molar-refractivity contribution in [3.8, 4) is 11.5 Å². The maximum atomic E-state index is 11.8. The SMILES string of the molecule is COc1ccc(CC(=O)NOCc2ccccc2)cc1OC. The summed E-state index contributed by atoms with van der Waals surface area (Å²) in [6.07, 6.45) is 0.204. The molecule has 0 unspecified atom stereocenters. The number of hydroxylamine groups is 1. The zero-order valence-corrected chi connectivity index (χ0v) is 12.7. The Balaban J connectivity index is 1.84. The molecule has 0 saturated heterocycles. The van der Waals surface area contributed by atoms with Crippen molar-refractivity contribution in [2.75, 3.05) is 14.2 Å². The van der Waals surface area contributed by atoms with E-state index in [1.807, 2.05) is 36.4 Å². The quantitative estimate of drug-likeness (QED) is 0.798. The number of amides is 1. The number of hydrogen-bond acceptors (Lipinski definition) is 4. The fourth-order valence-corrected chi connectivity index (χ4v) is 1.99. The van der Waals surface area contributed by atoms with Gasteiger partial charge in [-0.3, -0.25) is 9.63 Å². The maximum absolute atomic E-state index is 11.8. The average Bonchev–Trinajstić information content (AvgIpc) is 2.55. The van der Waals surface area contributed by atoms with Crippen LogP contribution in [0.2, 0.25) is 0 Å². The molecule has 5 nitrogen and oxygen atoms in total. The molecule has 1 amide bonds. The lowest BCUT2D eigenvalue weighted by Crippen LogP contribution is -2.25. The summed E-state index contributed by atoms with van der Waals surface area (Å²) in [6, 6.07) is 15.0. The van der Waals surface area contributed by atoms with Gasteiger partial charge in [-0.2, -0.15) is 0 Å². The molecular formula is C17H19NO4. The average molecular weight is 301 g/mol. The lowest BCUT2D eigenvalue weighted by molar-refractivity contribution is -0.133. The molecule has 0 heterocycles. The van der Waals surface area contributed by atoms with Crippen LogP contribution in [0.3, 0.4) is 0 Å². The van der Waals surface area contributed by atoms with Crippen molar-refractivity contribution < 1.29 is 19.1 Å². The van der Waals surface area contributed by atoms with Gasteiger partial charge in [-0.25, -0.2) is 5.48 Å². The van der Waals surface area contributed by atoms with Crippen LogP contribution in [0, 0.1) is 0 Å². The van der Waals surface area contributed by atoms with E-state index in [9.17, 15) is 4.79 Å². The summed E-state index contributed by atoms with van der Waals surface area (Å²) in [7, 11) is 3.13. The Morgan fingerprint density at radius 3 is 2.36 bits per heavy atom. The van der Waals surface area contributed by atoms with Crippen LogP contribution in [0.4, 0.5) is 0 Å². The normalized spacial score (nSPS) is 10.1. The van der Waals surface area contributed by atoms with Crippen molar-refractivity contribution in [2.24, 2.45) is 0 Å². The molecule has 0 aliphatic rings. The van der Waals surface area contributed by atoms with E-state index in [1.165, 1.54) is 0 Å². The predicted molar refractivity (Wildman–Crippen MR) is 82.6 cm³/mol. The number of ether oxygens (including phenoxy) is 2. The van der Waals surface area contributed by atoms with Crippen molar-refractivity contribution in [2.45, 2.75) is 13.0 Å². The van der Waals surface area contributed by atoms with E-state index in [1.54, 1.807) is 26.4 Å². The van der Waals surface area contributed by atoms with Gasteiger partial charge in [-0.05, 0) is 23.3 Å². The molecule has 0 saturated carbocycles. The highest BCUT2D eigenvalue weighted by Gasteiger charge is 2.08. The van der Waals surface area contributed by atoms with Crippen molar-refractivity contribution in [3.05, 3.63) is 59.7 Å². The number of carbonyl (C=O) groups is 1. The number of benzene rings is 2. The van der Waals surface area contributed by atoms with Crippen molar-refractivity contribution >= 4 is 5.91 Å². The Bertz CT molecular complexity index is 613. The molecule has 116 valence electrons. The van der Waals surface area contributed by atoms with Gasteiger partial charge < -0.3 is 9.47 Å². The zero-order valence-electron chi connectivity index (χ0n) is 12.7. The molecule has 0 atom stereocenters. The Morgan fingerprint density at radius 2 is 1.68 bits per heavy atom. The van der Waals surface area contributed by atoms with E-state index in [-0.39, 0.29) is 12.3 Å². The molecule has 0 spiro atoms. The van der Waals surface area contributed by atoms with Gasteiger partial charge in [0.05, 0.1) is 27.2 Å². The summed E-state index contributed by atoms with van der Waals surface area (Å²) in [5, 5.41) is 0. The smallest absolute Gasteiger partial charge is 0.247 e. The highest BCUT2D eigenvalue weighted by atomic mass is 16.6. The Kier molecular flexibility index (Phi) is 5.80. The largest absolute Gasteiger partial charge is 0.493 e. The Labute approximate surface area is 129 Å². The van der Waals surface area contributed by atoms with E-state index in [0.29, 0.717) is 18.1 Å².